The predicted octanol–water partition coefficient (Wildman–Crippen LogP) is 3.01. The number of nitrogens with one attached hydrogen (secondary N) is 2. The molecule has 0 saturated carbocycles. The fourth-order valence-electron chi connectivity index (χ4n) is 2.03. The van der Waals surface area contributed by atoms with Gasteiger partial charge in [0, 0.05) is 0 Å². The Kier molecular flexibility index (Phi) is 5.48. The summed E-state index contributed by atoms with van der Waals surface area (Å²) < 4.78 is 65.2. The van der Waals surface area contributed by atoms with Crippen molar-refractivity contribution in [2.75, 3.05) is 5.32 Å². The second-order valence-electron chi connectivity index (χ2n) is 5.19. The third-order valence-electron chi connectivity index (χ3n) is 3.27. The molecular formula is C16H15F3N2O3S. The van der Waals surface area contributed by atoms with Gasteiger partial charge >= 0.3 is 6.18 Å². The Morgan fingerprint density at radius 1 is 1.00 bits per heavy atom. The first-order valence-corrected chi connectivity index (χ1v) is 8.64. The number of benzene rings is 2. The Bertz CT molecular complexity index is 852. The number of hydrogen-bond donors (Lipinski definition) is 2. The van der Waals surface area contributed by atoms with Crippen molar-refractivity contribution < 1.29 is 26.4 Å². The van der Waals surface area contributed by atoms with E-state index in [1.54, 1.807) is 6.07 Å². The van der Waals surface area contributed by atoms with E-state index in [4.69, 9.17) is 0 Å². The number of para-hydroxylation sites is 1. The van der Waals surface area contributed by atoms with E-state index in [1.165, 1.54) is 43.3 Å². The van der Waals surface area contributed by atoms with Crippen LogP contribution in [0.25, 0.3) is 0 Å². The molecule has 0 spiro atoms. The van der Waals surface area contributed by atoms with Gasteiger partial charge in [-0.05, 0) is 31.2 Å². The molecule has 0 fully saturated rings. The van der Waals surface area contributed by atoms with Crippen LogP contribution in [0.1, 0.15) is 12.5 Å². The van der Waals surface area contributed by atoms with Crippen LogP contribution < -0.4 is 10.0 Å². The molecule has 0 heterocycles. The summed E-state index contributed by atoms with van der Waals surface area (Å²) in [4.78, 5) is 12.0. The lowest BCUT2D eigenvalue weighted by atomic mass is 10.1. The molecule has 0 aliphatic heterocycles. The van der Waals surface area contributed by atoms with Gasteiger partial charge in [-0.3, -0.25) is 4.79 Å². The molecule has 9 heteroatoms. The van der Waals surface area contributed by atoms with Crippen LogP contribution in [-0.2, 0) is 21.0 Å². The summed E-state index contributed by atoms with van der Waals surface area (Å²) in [5, 5.41) is 2.11. The molecule has 0 aromatic heterocycles. The number of sulfonamides is 1. The number of halogens is 3. The summed E-state index contributed by atoms with van der Waals surface area (Å²) >= 11 is 0. The number of amides is 1. The number of anilines is 1. The summed E-state index contributed by atoms with van der Waals surface area (Å²) in [6.07, 6.45) is -4.64. The minimum atomic E-state index is -4.64. The van der Waals surface area contributed by atoms with Gasteiger partial charge in [0.1, 0.15) is 0 Å². The zero-order chi connectivity index (χ0) is 18.7. The standard InChI is InChI=1S/C16H15F3N2O3S/c1-11(21-25(23,24)12-7-3-2-4-8-12)15(22)20-14-10-6-5-9-13(14)16(17,18)19/h2-11,21H,1H3,(H,20,22)/t11-/m0/s1. The molecule has 0 unspecified atom stereocenters. The molecule has 2 rings (SSSR count). The molecule has 0 radical (unpaired) electrons. The molecule has 134 valence electrons. The van der Waals surface area contributed by atoms with Crippen molar-refractivity contribution in [3.63, 3.8) is 0 Å². The SMILES string of the molecule is C[C@H](NS(=O)(=O)c1ccccc1)C(=O)Nc1ccccc1C(F)(F)F. The van der Waals surface area contributed by atoms with E-state index in [2.05, 4.69) is 10.0 Å². The van der Waals surface area contributed by atoms with Gasteiger partial charge in [0.05, 0.1) is 22.2 Å². The highest BCUT2D eigenvalue weighted by atomic mass is 32.2. The lowest BCUT2D eigenvalue weighted by Crippen LogP contribution is -2.41. The number of rotatable bonds is 5. The zero-order valence-electron chi connectivity index (χ0n) is 13.0. The summed E-state index contributed by atoms with van der Waals surface area (Å²) in [7, 11) is -3.97. The molecule has 2 aromatic carbocycles. The van der Waals surface area contributed by atoms with Crippen molar-refractivity contribution in [3.05, 3.63) is 60.2 Å². The smallest absolute Gasteiger partial charge is 0.324 e. The Morgan fingerprint density at radius 3 is 2.16 bits per heavy atom. The molecule has 2 N–H and O–H groups in total. The first-order valence-electron chi connectivity index (χ1n) is 7.16. The largest absolute Gasteiger partial charge is 0.418 e. The summed E-state index contributed by atoms with van der Waals surface area (Å²) in [5.41, 5.74) is -1.45. The van der Waals surface area contributed by atoms with E-state index < -0.39 is 39.4 Å². The van der Waals surface area contributed by atoms with Gasteiger partial charge in [-0.25, -0.2) is 8.42 Å². The normalized spacial score (nSPS) is 13.3. The van der Waals surface area contributed by atoms with Gasteiger partial charge in [0.2, 0.25) is 15.9 Å². The number of carbonyl (C=O) groups excluding carboxylic acids is 1. The molecule has 5 nitrogen and oxygen atoms in total. The van der Waals surface area contributed by atoms with E-state index in [-0.39, 0.29) is 4.90 Å². The fraction of sp³-hybridized carbons (Fsp3) is 0.188. The minimum absolute atomic E-state index is 0.0506. The van der Waals surface area contributed by atoms with Gasteiger partial charge in [-0.15, -0.1) is 0 Å². The van der Waals surface area contributed by atoms with Crippen molar-refractivity contribution >= 4 is 21.6 Å². The summed E-state index contributed by atoms with van der Waals surface area (Å²) in [6, 6.07) is 10.5. The van der Waals surface area contributed by atoms with Crippen molar-refractivity contribution in [2.45, 2.75) is 24.0 Å². The molecule has 0 aliphatic rings. The van der Waals surface area contributed by atoms with E-state index in [0.29, 0.717) is 0 Å². The molecule has 1 atom stereocenters. The van der Waals surface area contributed by atoms with Crippen LogP contribution in [0.3, 0.4) is 0 Å². The second-order valence-corrected chi connectivity index (χ2v) is 6.90. The molecule has 2 aromatic rings. The van der Waals surface area contributed by atoms with Gasteiger partial charge < -0.3 is 5.32 Å². The molecule has 0 saturated heterocycles. The maximum atomic E-state index is 12.9. The lowest BCUT2D eigenvalue weighted by Gasteiger charge is -2.17. The van der Waals surface area contributed by atoms with E-state index in [1.807, 2.05) is 0 Å². The molecule has 0 aliphatic carbocycles. The monoisotopic (exact) mass is 372 g/mol. The third kappa shape index (κ3) is 4.80. The van der Waals surface area contributed by atoms with Crippen molar-refractivity contribution in [1.29, 1.82) is 0 Å². The van der Waals surface area contributed by atoms with Gasteiger partial charge in [0.15, 0.2) is 0 Å². The molecule has 25 heavy (non-hydrogen) atoms. The van der Waals surface area contributed by atoms with E-state index >= 15 is 0 Å². The first kappa shape index (κ1) is 18.9. The Hall–Kier alpha value is -2.39. The number of alkyl halides is 3. The number of hydrogen-bond acceptors (Lipinski definition) is 3. The van der Waals surface area contributed by atoms with Crippen molar-refractivity contribution in [2.24, 2.45) is 0 Å². The van der Waals surface area contributed by atoms with Crippen LogP contribution in [0, 0.1) is 0 Å². The minimum Gasteiger partial charge on any atom is -0.324 e. The Balaban J connectivity index is 2.15. The van der Waals surface area contributed by atoms with Gasteiger partial charge in [-0.1, -0.05) is 30.3 Å². The van der Waals surface area contributed by atoms with E-state index in [9.17, 15) is 26.4 Å². The molecule has 1 amide bonds. The molecular weight excluding hydrogens is 357 g/mol. The van der Waals surface area contributed by atoms with Gasteiger partial charge in [-0.2, -0.15) is 17.9 Å². The summed E-state index contributed by atoms with van der Waals surface area (Å²) in [6.45, 7) is 1.24. The van der Waals surface area contributed by atoms with Crippen LogP contribution in [-0.4, -0.2) is 20.4 Å². The highest BCUT2D eigenvalue weighted by Crippen LogP contribution is 2.34. The highest BCUT2D eigenvalue weighted by molar-refractivity contribution is 7.89. The van der Waals surface area contributed by atoms with Crippen LogP contribution in [0.2, 0.25) is 0 Å². The first-order chi connectivity index (χ1) is 11.6. The quantitative estimate of drug-likeness (QED) is 0.847. The van der Waals surface area contributed by atoms with Crippen LogP contribution in [0.15, 0.2) is 59.5 Å². The third-order valence-corrected chi connectivity index (χ3v) is 4.83. The second kappa shape index (κ2) is 7.24. The Labute approximate surface area is 142 Å². The van der Waals surface area contributed by atoms with Crippen LogP contribution >= 0.6 is 0 Å². The number of carbonyl (C=O) groups is 1. The highest BCUT2D eigenvalue weighted by Gasteiger charge is 2.34. The fourth-order valence-corrected chi connectivity index (χ4v) is 3.26. The van der Waals surface area contributed by atoms with Crippen LogP contribution in [0.5, 0.6) is 0 Å². The average Bonchev–Trinajstić information content (AvgIpc) is 2.54. The topological polar surface area (TPSA) is 75.3 Å². The summed E-state index contributed by atoms with van der Waals surface area (Å²) in [5.74, 6) is -0.906. The maximum absolute atomic E-state index is 12.9. The Morgan fingerprint density at radius 2 is 1.56 bits per heavy atom. The predicted molar refractivity (Wildman–Crippen MR) is 86.3 cm³/mol. The average molecular weight is 372 g/mol. The van der Waals surface area contributed by atoms with Crippen molar-refractivity contribution in [3.8, 4) is 0 Å². The lowest BCUT2D eigenvalue weighted by molar-refractivity contribution is -0.137. The van der Waals surface area contributed by atoms with Gasteiger partial charge in [0.25, 0.3) is 0 Å². The van der Waals surface area contributed by atoms with E-state index in [0.717, 1.165) is 12.1 Å². The maximum Gasteiger partial charge on any atom is 0.418 e. The zero-order valence-corrected chi connectivity index (χ0v) is 13.9. The van der Waals surface area contributed by atoms with Crippen molar-refractivity contribution in [1.82, 2.24) is 4.72 Å². The molecule has 0 bridgehead atoms. The van der Waals surface area contributed by atoms with Crippen LogP contribution in [0.4, 0.5) is 18.9 Å².